The first-order valence-corrected chi connectivity index (χ1v) is 6.99. The number of hydrogen-bond donors (Lipinski definition) is 1. The molecule has 0 aliphatic carbocycles. The molecule has 2 saturated heterocycles. The van der Waals surface area contributed by atoms with Crippen molar-refractivity contribution in [2.45, 2.75) is 31.4 Å². The largest absolute Gasteiger partial charge is 0.481 e. The first-order valence-electron chi connectivity index (χ1n) is 6.99. The third-order valence-electron chi connectivity index (χ3n) is 3.78. The highest BCUT2D eigenvalue weighted by molar-refractivity contribution is 5.84. The van der Waals surface area contributed by atoms with Crippen LogP contribution in [0.5, 0.6) is 0 Å². The number of nitrogens with zero attached hydrogens (tertiary/aromatic N) is 2. The molecule has 2 heterocycles. The molecule has 0 aromatic rings. The molecule has 0 spiro atoms. The number of amides is 2. The average molecular weight is 300 g/mol. The molecular weight excluding hydrogens is 280 g/mol. The summed E-state index contributed by atoms with van der Waals surface area (Å²) in [5.74, 6) is -1.36. The van der Waals surface area contributed by atoms with Gasteiger partial charge in [-0.1, -0.05) is 0 Å². The number of ether oxygens (including phenoxy) is 2. The van der Waals surface area contributed by atoms with E-state index in [1.54, 1.807) is 4.90 Å². The van der Waals surface area contributed by atoms with Crippen LogP contribution in [0.15, 0.2) is 0 Å². The van der Waals surface area contributed by atoms with E-state index >= 15 is 0 Å². The number of hydrogen-bond acceptors (Lipinski definition) is 5. The van der Waals surface area contributed by atoms with Crippen LogP contribution >= 0.6 is 0 Å². The van der Waals surface area contributed by atoms with E-state index in [0.29, 0.717) is 26.1 Å². The second-order valence-electron chi connectivity index (χ2n) is 5.19. The van der Waals surface area contributed by atoms with Crippen molar-refractivity contribution < 1.29 is 29.0 Å². The fraction of sp³-hybridized carbons (Fsp3) is 0.769. The van der Waals surface area contributed by atoms with Crippen LogP contribution in [0.1, 0.15) is 19.3 Å². The Morgan fingerprint density at radius 2 is 2.10 bits per heavy atom. The quantitative estimate of drug-likeness (QED) is 0.732. The molecule has 2 aliphatic heterocycles. The SMILES string of the molecule is COC(=O)C1CCCN1C(=O)N1CCOC(CC(=O)O)C1. The summed E-state index contributed by atoms with van der Waals surface area (Å²) in [5, 5.41) is 8.79. The van der Waals surface area contributed by atoms with Crippen molar-refractivity contribution in [3.8, 4) is 0 Å². The highest BCUT2D eigenvalue weighted by Gasteiger charge is 2.38. The van der Waals surface area contributed by atoms with Gasteiger partial charge in [-0.2, -0.15) is 0 Å². The molecule has 2 amide bonds. The number of carboxylic acids is 1. The Labute approximate surface area is 122 Å². The van der Waals surface area contributed by atoms with Crippen molar-refractivity contribution in [1.29, 1.82) is 0 Å². The zero-order chi connectivity index (χ0) is 15.4. The fourth-order valence-electron chi connectivity index (χ4n) is 2.77. The molecule has 0 saturated carbocycles. The van der Waals surface area contributed by atoms with Gasteiger partial charge in [-0.15, -0.1) is 0 Å². The van der Waals surface area contributed by atoms with Crippen LogP contribution in [0.4, 0.5) is 4.79 Å². The first-order chi connectivity index (χ1) is 10.0. The molecule has 0 bridgehead atoms. The normalized spacial score (nSPS) is 25.8. The van der Waals surface area contributed by atoms with Crippen LogP contribution in [0.3, 0.4) is 0 Å². The van der Waals surface area contributed by atoms with Crippen molar-refractivity contribution in [3.05, 3.63) is 0 Å². The van der Waals surface area contributed by atoms with E-state index in [0.717, 1.165) is 6.42 Å². The fourth-order valence-corrected chi connectivity index (χ4v) is 2.77. The van der Waals surface area contributed by atoms with Crippen molar-refractivity contribution in [2.75, 3.05) is 33.4 Å². The Kier molecular flexibility index (Phi) is 5.00. The summed E-state index contributed by atoms with van der Waals surface area (Å²) in [6.45, 7) is 1.45. The van der Waals surface area contributed by atoms with Crippen molar-refractivity contribution in [1.82, 2.24) is 9.80 Å². The Balaban J connectivity index is 1.98. The summed E-state index contributed by atoms with van der Waals surface area (Å²) >= 11 is 0. The van der Waals surface area contributed by atoms with Crippen LogP contribution in [0, 0.1) is 0 Å². The predicted octanol–water partition coefficient (Wildman–Crippen LogP) is -0.0807. The summed E-state index contributed by atoms with van der Waals surface area (Å²) in [6, 6.07) is -0.787. The van der Waals surface area contributed by atoms with Crippen LogP contribution in [-0.4, -0.2) is 78.4 Å². The number of carbonyl (C=O) groups is 3. The number of urea groups is 1. The van der Waals surface area contributed by atoms with Crippen molar-refractivity contribution in [3.63, 3.8) is 0 Å². The van der Waals surface area contributed by atoms with Crippen LogP contribution in [0.2, 0.25) is 0 Å². The maximum absolute atomic E-state index is 12.5. The van der Waals surface area contributed by atoms with Gasteiger partial charge in [0.1, 0.15) is 6.04 Å². The van der Waals surface area contributed by atoms with Gasteiger partial charge in [-0.05, 0) is 12.8 Å². The standard InChI is InChI=1S/C13H20N2O6/c1-20-12(18)10-3-2-4-15(10)13(19)14-5-6-21-9(8-14)7-11(16)17/h9-10H,2-8H2,1H3,(H,16,17). The molecule has 2 fully saturated rings. The second-order valence-corrected chi connectivity index (χ2v) is 5.19. The monoisotopic (exact) mass is 300 g/mol. The zero-order valence-electron chi connectivity index (χ0n) is 12.0. The number of esters is 1. The van der Waals surface area contributed by atoms with Crippen LogP contribution in [-0.2, 0) is 19.1 Å². The molecule has 118 valence electrons. The van der Waals surface area contributed by atoms with Gasteiger partial charge < -0.3 is 24.4 Å². The number of morpholine rings is 1. The maximum Gasteiger partial charge on any atom is 0.328 e. The molecule has 8 heteroatoms. The van der Waals surface area contributed by atoms with Crippen molar-refractivity contribution in [2.24, 2.45) is 0 Å². The summed E-state index contributed by atoms with van der Waals surface area (Å²) in [5.41, 5.74) is 0. The van der Waals surface area contributed by atoms with Gasteiger partial charge in [0.15, 0.2) is 0 Å². The molecule has 2 rings (SSSR count). The highest BCUT2D eigenvalue weighted by Crippen LogP contribution is 2.21. The molecular formula is C13H20N2O6. The van der Waals surface area contributed by atoms with Gasteiger partial charge in [-0.3, -0.25) is 4.79 Å². The molecule has 0 aromatic carbocycles. The number of methoxy groups -OCH3 is 1. The molecule has 2 unspecified atom stereocenters. The number of aliphatic carboxylic acids is 1. The van der Waals surface area contributed by atoms with E-state index in [1.807, 2.05) is 0 Å². The molecule has 2 atom stereocenters. The highest BCUT2D eigenvalue weighted by atomic mass is 16.5. The number of carbonyl (C=O) groups excluding carboxylic acids is 2. The summed E-state index contributed by atoms with van der Waals surface area (Å²) in [7, 11) is 1.31. The molecule has 1 N–H and O–H groups in total. The van der Waals surface area contributed by atoms with Gasteiger partial charge in [0.25, 0.3) is 0 Å². The number of likely N-dealkylation sites (tertiary alicyclic amines) is 1. The maximum atomic E-state index is 12.5. The average Bonchev–Trinajstić information content (AvgIpc) is 2.94. The van der Waals surface area contributed by atoms with Gasteiger partial charge in [0.05, 0.1) is 26.2 Å². The van der Waals surface area contributed by atoms with Gasteiger partial charge in [0.2, 0.25) is 0 Å². The minimum atomic E-state index is -0.956. The van der Waals surface area contributed by atoms with E-state index < -0.39 is 24.1 Å². The first kappa shape index (κ1) is 15.6. The number of carboxylic acid groups (broad SMARTS) is 1. The van der Waals surface area contributed by atoms with Crippen LogP contribution < -0.4 is 0 Å². The van der Waals surface area contributed by atoms with E-state index in [-0.39, 0.29) is 19.0 Å². The van der Waals surface area contributed by atoms with E-state index in [9.17, 15) is 14.4 Å². The lowest BCUT2D eigenvalue weighted by molar-refractivity contribution is -0.145. The Morgan fingerprint density at radius 3 is 2.76 bits per heavy atom. The van der Waals surface area contributed by atoms with Crippen LogP contribution in [0.25, 0.3) is 0 Å². The Hall–Kier alpha value is -1.83. The lowest BCUT2D eigenvalue weighted by atomic mass is 10.2. The topological polar surface area (TPSA) is 96.4 Å². The number of rotatable bonds is 3. The summed E-state index contributed by atoms with van der Waals surface area (Å²) in [6.07, 6.45) is 0.722. The van der Waals surface area contributed by atoms with E-state index in [4.69, 9.17) is 14.6 Å². The molecule has 0 radical (unpaired) electrons. The molecule has 2 aliphatic rings. The third-order valence-corrected chi connectivity index (χ3v) is 3.78. The zero-order valence-corrected chi connectivity index (χ0v) is 12.0. The predicted molar refractivity (Wildman–Crippen MR) is 70.7 cm³/mol. The Bertz CT molecular complexity index is 427. The van der Waals surface area contributed by atoms with Gasteiger partial charge in [-0.25, -0.2) is 9.59 Å². The molecule has 8 nitrogen and oxygen atoms in total. The summed E-state index contributed by atoms with van der Waals surface area (Å²) in [4.78, 5) is 38.0. The third kappa shape index (κ3) is 3.63. The lowest BCUT2D eigenvalue weighted by Crippen LogP contribution is -2.53. The van der Waals surface area contributed by atoms with E-state index in [2.05, 4.69) is 0 Å². The smallest absolute Gasteiger partial charge is 0.328 e. The minimum absolute atomic E-state index is 0.135. The second kappa shape index (κ2) is 6.75. The minimum Gasteiger partial charge on any atom is -0.481 e. The van der Waals surface area contributed by atoms with Crippen molar-refractivity contribution >= 4 is 18.0 Å². The molecule has 0 aromatic heterocycles. The van der Waals surface area contributed by atoms with E-state index in [1.165, 1.54) is 12.0 Å². The summed E-state index contributed by atoms with van der Waals surface area (Å²) < 4.78 is 10.1. The Morgan fingerprint density at radius 1 is 1.33 bits per heavy atom. The van der Waals surface area contributed by atoms with Gasteiger partial charge in [0, 0.05) is 19.6 Å². The molecule has 21 heavy (non-hydrogen) atoms. The lowest BCUT2D eigenvalue weighted by Gasteiger charge is -2.36. The van der Waals surface area contributed by atoms with Gasteiger partial charge >= 0.3 is 18.0 Å².